The van der Waals surface area contributed by atoms with Crippen LogP contribution < -0.4 is 0 Å². The smallest absolute Gasteiger partial charge is 0.253 e. The largest absolute Gasteiger partial charge is 0.408 e. The Morgan fingerprint density at radius 3 is 2.30 bits per heavy atom. The van der Waals surface area contributed by atoms with E-state index in [2.05, 4.69) is 5.10 Å². The third kappa shape index (κ3) is 3.26. The van der Waals surface area contributed by atoms with E-state index in [1.54, 1.807) is 0 Å². The van der Waals surface area contributed by atoms with Crippen molar-refractivity contribution in [1.82, 2.24) is 9.78 Å². The van der Waals surface area contributed by atoms with Crippen molar-refractivity contribution in [2.75, 3.05) is 0 Å². The van der Waals surface area contributed by atoms with Crippen molar-refractivity contribution in [3.05, 3.63) is 29.5 Å². The van der Waals surface area contributed by atoms with Gasteiger partial charge in [-0.15, -0.1) is 0 Å². The molecule has 0 unspecified atom stereocenters. The molecule has 1 aromatic carbocycles. The lowest BCUT2D eigenvalue weighted by molar-refractivity contribution is -0.141. The number of hydrogen-bond acceptors (Lipinski definition) is 1. The summed E-state index contributed by atoms with van der Waals surface area (Å²) in [6.45, 7) is 4.13. The van der Waals surface area contributed by atoms with Gasteiger partial charge in [0.15, 0.2) is 5.82 Å². The van der Waals surface area contributed by atoms with Gasteiger partial charge < -0.3 is 0 Å². The van der Waals surface area contributed by atoms with Crippen LogP contribution in [0, 0.1) is 11.6 Å². The van der Waals surface area contributed by atoms with Crippen LogP contribution in [0.3, 0.4) is 0 Å². The van der Waals surface area contributed by atoms with Crippen molar-refractivity contribution in [3.63, 3.8) is 0 Å². The lowest BCUT2D eigenvalue weighted by Crippen LogP contribution is -2.19. The molecule has 0 N–H and O–H groups in total. The van der Waals surface area contributed by atoms with Crippen molar-refractivity contribution >= 4 is 10.9 Å². The highest BCUT2D eigenvalue weighted by atomic mass is 19.4. The van der Waals surface area contributed by atoms with E-state index in [-0.39, 0.29) is 22.9 Å². The Bertz CT molecular complexity index is 586. The van der Waals surface area contributed by atoms with Gasteiger partial charge in [-0.2, -0.15) is 18.3 Å². The van der Waals surface area contributed by atoms with Crippen molar-refractivity contribution in [1.29, 1.82) is 0 Å². The minimum absolute atomic E-state index is 0.0199. The maximum Gasteiger partial charge on any atom is 0.408 e. The quantitative estimate of drug-likeness (QED) is 0.747. The number of aromatic nitrogens is 2. The maximum absolute atomic E-state index is 13.9. The molecule has 112 valence electrons. The number of benzene rings is 1. The van der Waals surface area contributed by atoms with Crippen LogP contribution in [0.5, 0.6) is 0 Å². The predicted molar refractivity (Wildman–Crippen MR) is 66.4 cm³/mol. The van der Waals surface area contributed by atoms with Gasteiger partial charge in [0, 0.05) is 10.9 Å². The topological polar surface area (TPSA) is 17.8 Å². The number of alkyl halides is 3. The highest BCUT2D eigenvalue weighted by Gasteiger charge is 2.30. The van der Waals surface area contributed by atoms with Crippen molar-refractivity contribution in [2.24, 2.45) is 0 Å². The molecule has 0 atom stereocenters. The van der Waals surface area contributed by atoms with E-state index in [0.29, 0.717) is 4.68 Å². The number of halogens is 5. The average molecular weight is 294 g/mol. The van der Waals surface area contributed by atoms with Crippen molar-refractivity contribution < 1.29 is 22.0 Å². The zero-order valence-corrected chi connectivity index (χ0v) is 11.4. The Morgan fingerprint density at radius 1 is 1.20 bits per heavy atom. The molecule has 0 aliphatic heterocycles. The van der Waals surface area contributed by atoms with Gasteiger partial charge in [-0.25, -0.2) is 8.78 Å². The van der Waals surface area contributed by atoms with E-state index < -0.39 is 24.4 Å². The fourth-order valence-corrected chi connectivity index (χ4v) is 1.83. The molecule has 0 saturated carbocycles. The molecule has 0 spiro atoms. The molecule has 1 heterocycles. The van der Waals surface area contributed by atoms with Crippen LogP contribution in [0.2, 0.25) is 0 Å². The van der Waals surface area contributed by atoms with Gasteiger partial charge in [0.1, 0.15) is 17.9 Å². The molecule has 20 heavy (non-hydrogen) atoms. The van der Waals surface area contributed by atoms with E-state index >= 15 is 0 Å². The van der Waals surface area contributed by atoms with Crippen molar-refractivity contribution in [3.8, 4) is 0 Å². The molecule has 0 bridgehead atoms. The third-order valence-electron chi connectivity index (χ3n) is 2.59. The number of rotatable bonds is 2. The molecule has 1 aromatic heterocycles. The van der Waals surface area contributed by atoms with Crippen LogP contribution in [0.15, 0.2) is 12.3 Å². The Labute approximate surface area is 113 Å². The lowest BCUT2D eigenvalue weighted by Gasteiger charge is -2.09. The normalized spacial score (nSPS) is 11.4. The van der Waals surface area contributed by atoms with Crippen LogP contribution in [-0.4, -0.2) is 16.0 Å². The number of hydrogen-bond donors (Lipinski definition) is 0. The summed E-state index contributed by atoms with van der Waals surface area (Å²) in [6.07, 6.45) is -3.43. The fourth-order valence-electron chi connectivity index (χ4n) is 1.83. The zero-order valence-electron chi connectivity index (χ0n) is 11.4. The number of fused-ring (bicyclic) bond motifs is 1. The molecule has 0 amide bonds. The highest BCUT2D eigenvalue weighted by Crippen LogP contribution is 2.27. The Kier molecular flexibility index (Phi) is 5.08. The minimum atomic E-state index is -4.51. The molecule has 2 aromatic rings. The second-order valence-electron chi connectivity index (χ2n) is 3.86. The predicted octanol–water partition coefficient (Wildman–Crippen LogP) is 4.47. The Balaban J connectivity index is 0.000000956. The molecule has 0 saturated heterocycles. The summed E-state index contributed by atoms with van der Waals surface area (Å²) in [5.74, 6) is -1.75. The van der Waals surface area contributed by atoms with E-state index in [9.17, 15) is 22.0 Å². The summed E-state index contributed by atoms with van der Waals surface area (Å²) < 4.78 is 64.7. The molecule has 0 radical (unpaired) electrons. The summed E-state index contributed by atoms with van der Waals surface area (Å²) in [7, 11) is 0. The average Bonchev–Trinajstić information content (AvgIpc) is 2.73. The van der Waals surface area contributed by atoms with E-state index in [1.807, 2.05) is 13.8 Å². The molecule has 0 aliphatic carbocycles. The maximum atomic E-state index is 13.9. The monoisotopic (exact) mass is 294 g/mol. The van der Waals surface area contributed by atoms with Gasteiger partial charge in [-0.1, -0.05) is 20.8 Å². The van der Waals surface area contributed by atoms with Crippen LogP contribution in [0.1, 0.15) is 26.3 Å². The summed E-state index contributed by atoms with van der Waals surface area (Å²) in [6, 6.07) is 0.997. The van der Waals surface area contributed by atoms with Gasteiger partial charge in [0.25, 0.3) is 0 Å². The lowest BCUT2D eigenvalue weighted by atomic mass is 10.1. The first-order valence-electron chi connectivity index (χ1n) is 6.22. The third-order valence-corrected chi connectivity index (χ3v) is 2.59. The second-order valence-corrected chi connectivity index (χ2v) is 3.86. The van der Waals surface area contributed by atoms with Gasteiger partial charge in [0.05, 0.1) is 6.20 Å². The molecule has 2 nitrogen and oxygen atoms in total. The molecule has 0 fully saturated rings. The zero-order chi connectivity index (χ0) is 15.5. The molecular weight excluding hydrogens is 279 g/mol. The van der Waals surface area contributed by atoms with Gasteiger partial charge in [-0.3, -0.25) is 4.68 Å². The summed E-state index contributed by atoms with van der Waals surface area (Å²) in [5, 5.41) is 3.47. The van der Waals surface area contributed by atoms with E-state index in [0.717, 1.165) is 12.3 Å². The van der Waals surface area contributed by atoms with Crippen LogP contribution in [0.25, 0.3) is 10.9 Å². The molecular formula is C13H15F5N2. The molecule has 0 aliphatic rings. The Morgan fingerprint density at radius 2 is 1.80 bits per heavy atom. The second kappa shape index (κ2) is 6.19. The summed E-state index contributed by atoms with van der Waals surface area (Å²) >= 11 is 0. The first-order chi connectivity index (χ1) is 9.33. The van der Waals surface area contributed by atoms with Gasteiger partial charge in [0.2, 0.25) is 0 Å². The summed E-state index contributed by atoms with van der Waals surface area (Å²) in [4.78, 5) is 0. The van der Waals surface area contributed by atoms with E-state index in [1.165, 1.54) is 6.92 Å². The SMILES string of the molecule is CC.CCc1c(F)cc2cnn(CC(F)(F)F)c2c1F. The first kappa shape index (κ1) is 16.4. The first-order valence-corrected chi connectivity index (χ1v) is 6.22. The Hall–Kier alpha value is -1.66. The van der Waals surface area contributed by atoms with Crippen molar-refractivity contribution in [2.45, 2.75) is 39.9 Å². The summed E-state index contributed by atoms with van der Waals surface area (Å²) in [5.41, 5.74) is -0.544. The molecule has 2 rings (SSSR count). The molecule has 7 heteroatoms. The van der Waals surface area contributed by atoms with E-state index in [4.69, 9.17) is 0 Å². The van der Waals surface area contributed by atoms with Gasteiger partial charge in [-0.05, 0) is 12.5 Å². The number of nitrogens with zero attached hydrogens (tertiary/aromatic N) is 2. The fraction of sp³-hybridized carbons (Fsp3) is 0.462. The highest BCUT2D eigenvalue weighted by molar-refractivity contribution is 5.80. The van der Waals surface area contributed by atoms with Crippen LogP contribution >= 0.6 is 0 Å². The van der Waals surface area contributed by atoms with Crippen LogP contribution in [-0.2, 0) is 13.0 Å². The standard InChI is InChI=1S/C11H9F5N2.C2H6/c1-2-7-8(12)3-6-4-17-18(5-11(14,15)16)10(6)9(7)13;1-2/h3-4H,2,5H2,1H3;1-2H3. The van der Waals surface area contributed by atoms with Gasteiger partial charge >= 0.3 is 6.18 Å². The minimum Gasteiger partial charge on any atom is -0.253 e. The van der Waals surface area contributed by atoms with Crippen LogP contribution in [0.4, 0.5) is 22.0 Å².